The van der Waals surface area contributed by atoms with Crippen molar-refractivity contribution in [3.63, 3.8) is 0 Å². The van der Waals surface area contributed by atoms with E-state index in [1.165, 1.54) is 39.1 Å². The van der Waals surface area contributed by atoms with Gasteiger partial charge in [-0.15, -0.1) is 0 Å². The fourth-order valence-electron chi connectivity index (χ4n) is 3.59. The van der Waals surface area contributed by atoms with Crippen LogP contribution < -0.4 is 5.32 Å². The number of rotatable bonds is 5. The van der Waals surface area contributed by atoms with Gasteiger partial charge in [0, 0.05) is 37.8 Å². The summed E-state index contributed by atoms with van der Waals surface area (Å²) in [4.78, 5) is 5.16. The van der Waals surface area contributed by atoms with Crippen molar-refractivity contribution in [2.45, 2.75) is 44.7 Å². The first-order valence-electron chi connectivity index (χ1n) is 7.55. The van der Waals surface area contributed by atoms with Gasteiger partial charge in [0.15, 0.2) is 0 Å². The third-order valence-electron chi connectivity index (χ3n) is 4.81. The molecule has 1 heterocycles. The van der Waals surface area contributed by atoms with Crippen LogP contribution in [0.5, 0.6) is 0 Å². The van der Waals surface area contributed by atoms with Gasteiger partial charge in [0.2, 0.25) is 0 Å². The van der Waals surface area contributed by atoms with Crippen molar-refractivity contribution in [1.82, 2.24) is 15.1 Å². The zero-order chi connectivity index (χ0) is 13.0. The van der Waals surface area contributed by atoms with Crippen molar-refractivity contribution >= 4 is 0 Å². The number of hydrogen-bond donors (Lipinski definition) is 2. The highest BCUT2D eigenvalue weighted by Crippen LogP contribution is 2.33. The van der Waals surface area contributed by atoms with Gasteiger partial charge in [0.25, 0.3) is 0 Å². The maximum absolute atomic E-state index is 9.65. The highest BCUT2D eigenvalue weighted by atomic mass is 16.3. The van der Waals surface area contributed by atoms with Gasteiger partial charge in [0.05, 0.1) is 6.61 Å². The number of hydrogen-bond acceptors (Lipinski definition) is 4. The van der Waals surface area contributed by atoms with Gasteiger partial charge in [0.1, 0.15) is 0 Å². The van der Waals surface area contributed by atoms with E-state index >= 15 is 0 Å². The third kappa shape index (κ3) is 3.05. The quantitative estimate of drug-likeness (QED) is 0.751. The van der Waals surface area contributed by atoms with E-state index < -0.39 is 0 Å². The summed E-state index contributed by atoms with van der Waals surface area (Å²) in [5.74, 6) is 0. The average molecular weight is 255 g/mol. The number of aliphatic hydroxyl groups is 1. The number of nitrogens with zero attached hydrogens (tertiary/aromatic N) is 2. The van der Waals surface area contributed by atoms with E-state index in [0.717, 1.165) is 19.4 Å². The zero-order valence-electron chi connectivity index (χ0n) is 12.0. The summed E-state index contributed by atoms with van der Waals surface area (Å²) >= 11 is 0. The molecule has 4 nitrogen and oxygen atoms in total. The Morgan fingerprint density at radius 2 is 1.94 bits per heavy atom. The third-order valence-corrected chi connectivity index (χ3v) is 4.81. The number of aliphatic hydroxyl groups excluding tert-OH is 1. The molecular formula is C14H29N3O. The van der Waals surface area contributed by atoms with Crippen molar-refractivity contribution in [1.29, 1.82) is 0 Å². The molecule has 0 aromatic carbocycles. The van der Waals surface area contributed by atoms with E-state index in [1.54, 1.807) is 0 Å². The van der Waals surface area contributed by atoms with Crippen LogP contribution in [0.1, 0.15) is 33.1 Å². The largest absolute Gasteiger partial charge is 0.394 e. The van der Waals surface area contributed by atoms with Crippen LogP contribution in [0.15, 0.2) is 0 Å². The summed E-state index contributed by atoms with van der Waals surface area (Å²) in [5.41, 5.74) is 0.00130. The molecule has 2 rings (SSSR count). The summed E-state index contributed by atoms with van der Waals surface area (Å²) in [7, 11) is 0. The lowest BCUT2D eigenvalue weighted by molar-refractivity contribution is 0.0912. The topological polar surface area (TPSA) is 38.7 Å². The summed E-state index contributed by atoms with van der Waals surface area (Å²) in [6, 6.07) is 0.676. The molecule has 2 fully saturated rings. The Labute approximate surface area is 111 Å². The van der Waals surface area contributed by atoms with Crippen molar-refractivity contribution in [2.75, 3.05) is 45.9 Å². The first-order valence-corrected chi connectivity index (χ1v) is 7.55. The Hall–Kier alpha value is -0.160. The molecule has 1 saturated carbocycles. The summed E-state index contributed by atoms with van der Waals surface area (Å²) in [5, 5.41) is 13.2. The highest BCUT2D eigenvalue weighted by molar-refractivity contribution is 4.99. The molecule has 106 valence electrons. The van der Waals surface area contributed by atoms with E-state index in [9.17, 15) is 5.11 Å². The van der Waals surface area contributed by atoms with Crippen LogP contribution in [0.3, 0.4) is 0 Å². The molecule has 2 N–H and O–H groups in total. The summed E-state index contributed by atoms with van der Waals surface area (Å²) in [6.07, 6.45) is 3.47. The number of likely N-dealkylation sites (N-methyl/N-ethyl adjacent to an activating group) is 2. The predicted molar refractivity (Wildman–Crippen MR) is 74.8 cm³/mol. The van der Waals surface area contributed by atoms with Crippen LogP contribution in [0, 0.1) is 0 Å². The van der Waals surface area contributed by atoms with E-state index in [4.69, 9.17) is 0 Å². The molecule has 0 aromatic rings. The van der Waals surface area contributed by atoms with Crippen molar-refractivity contribution < 1.29 is 5.11 Å². The molecule has 1 aliphatic heterocycles. The van der Waals surface area contributed by atoms with Crippen LogP contribution in [-0.2, 0) is 0 Å². The minimum absolute atomic E-state index is 0.00130. The minimum atomic E-state index is 0.00130. The molecule has 1 saturated heterocycles. The van der Waals surface area contributed by atoms with Crippen LogP contribution in [-0.4, -0.2) is 72.4 Å². The Balaban J connectivity index is 1.85. The first-order chi connectivity index (χ1) is 8.73. The lowest BCUT2D eigenvalue weighted by Crippen LogP contribution is -2.52. The van der Waals surface area contributed by atoms with Crippen molar-refractivity contribution in [3.05, 3.63) is 0 Å². The predicted octanol–water partition coefficient (Wildman–Crippen LogP) is 0.517. The van der Waals surface area contributed by atoms with Gasteiger partial charge < -0.3 is 15.3 Å². The molecule has 0 spiro atoms. The monoisotopic (exact) mass is 255 g/mol. The van der Waals surface area contributed by atoms with Gasteiger partial charge >= 0.3 is 0 Å². The Kier molecular flexibility index (Phi) is 5.01. The second-order valence-electron chi connectivity index (χ2n) is 5.84. The Morgan fingerprint density at radius 3 is 2.50 bits per heavy atom. The van der Waals surface area contributed by atoms with E-state index in [0.29, 0.717) is 6.04 Å². The lowest BCUT2D eigenvalue weighted by atomic mass is 9.98. The standard InChI is InChI=1S/C14H29N3O/c1-3-15-14(12-18)6-5-13(11-14)17-9-7-16(4-2)8-10-17/h13,15,18H,3-12H2,1-2H3. The smallest absolute Gasteiger partial charge is 0.0613 e. The van der Waals surface area contributed by atoms with E-state index in [2.05, 4.69) is 29.0 Å². The molecule has 2 atom stereocenters. The van der Waals surface area contributed by atoms with Gasteiger partial charge in [-0.05, 0) is 32.4 Å². The molecule has 2 unspecified atom stereocenters. The molecule has 0 bridgehead atoms. The number of nitrogens with one attached hydrogen (secondary N) is 1. The van der Waals surface area contributed by atoms with Crippen LogP contribution in [0.25, 0.3) is 0 Å². The van der Waals surface area contributed by atoms with Gasteiger partial charge in [-0.2, -0.15) is 0 Å². The van der Waals surface area contributed by atoms with Crippen molar-refractivity contribution in [3.8, 4) is 0 Å². The number of piperazine rings is 1. The van der Waals surface area contributed by atoms with Crippen LogP contribution >= 0.6 is 0 Å². The minimum Gasteiger partial charge on any atom is -0.394 e. The molecule has 0 amide bonds. The van der Waals surface area contributed by atoms with Crippen molar-refractivity contribution in [2.24, 2.45) is 0 Å². The van der Waals surface area contributed by atoms with Gasteiger partial charge in [-0.1, -0.05) is 13.8 Å². The van der Waals surface area contributed by atoms with E-state index in [-0.39, 0.29) is 12.1 Å². The lowest BCUT2D eigenvalue weighted by Gasteiger charge is -2.38. The van der Waals surface area contributed by atoms with Gasteiger partial charge in [-0.3, -0.25) is 4.90 Å². The van der Waals surface area contributed by atoms with Gasteiger partial charge in [-0.25, -0.2) is 0 Å². The molecule has 18 heavy (non-hydrogen) atoms. The first kappa shape index (κ1) is 14.3. The summed E-state index contributed by atoms with van der Waals surface area (Å²) < 4.78 is 0. The fraction of sp³-hybridized carbons (Fsp3) is 1.00. The maximum atomic E-state index is 9.65. The zero-order valence-corrected chi connectivity index (χ0v) is 12.0. The Morgan fingerprint density at radius 1 is 1.22 bits per heavy atom. The fourth-order valence-corrected chi connectivity index (χ4v) is 3.59. The normalized spacial score (nSPS) is 35.2. The molecule has 4 heteroatoms. The second-order valence-corrected chi connectivity index (χ2v) is 5.84. The maximum Gasteiger partial charge on any atom is 0.0613 e. The summed E-state index contributed by atoms with van der Waals surface area (Å²) in [6.45, 7) is 11.6. The second kappa shape index (κ2) is 6.33. The Bertz CT molecular complexity index is 253. The highest BCUT2D eigenvalue weighted by Gasteiger charge is 2.40. The van der Waals surface area contributed by atoms with E-state index in [1.807, 2.05) is 0 Å². The SMILES string of the molecule is CCNC1(CO)CCC(N2CCN(CC)CC2)C1. The molecular weight excluding hydrogens is 226 g/mol. The van der Waals surface area contributed by atoms with Crippen LogP contribution in [0.2, 0.25) is 0 Å². The average Bonchev–Trinajstić information content (AvgIpc) is 2.84. The molecule has 0 aromatic heterocycles. The molecule has 1 aliphatic carbocycles. The van der Waals surface area contributed by atoms with Crippen LogP contribution in [0.4, 0.5) is 0 Å². The molecule has 2 aliphatic rings. The molecule has 0 radical (unpaired) electrons.